The van der Waals surface area contributed by atoms with Crippen molar-refractivity contribution < 1.29 is 9.47 Å². The first-order valence-electron chi connectivity index (χ1n) is 12.2. The lowest BCUT2D eigenvalue weighted by Crippen LogP contribution is -2.38. The molecule has 0 saturated carbocycles. The molecule has 2 aliphatic heterocycles. The summed E-state index contributed by atoms with van der Waals surface area (Å²) in [6.07, 6.45) is 4.76. The number of aliphatic imine (C=N–C) groups is 1. The number of nitrogens with one attached hydrogen (secondary N) is 2. The average molecular weight is 559 g/mol. The number of benzene rings is 1. The van der Waals surface area contributed by atoms with Crippen molar-refractivity contribution in [3.05, 3.63) is 35.4 Å². The Labute approximate surface area is 211 Å². The number of hydrogen-bond acceptors (Lipinski definition) is 4. The van der Waals surface area contributed by atoms with Gasteiger partial charge in [0.15, 0.2) is 5.96 Å². The highest BCUT2D eigenvalue weighted by molar-refractivity contribution is 14.0. The fourth-order valence-corrected chi connectivity index (χ4v) is 4.09. The maximum absolute atomic E-state index is 5.78. The molecule has 0 spiro atoms. The van der Waals surface area contributed by atoms with Crippen LogP contribution in [-0.4, -0.2) is 63.5 Å². The van der Waals surface area contributed by atoms with E-state index in [0.717, 1.165) is 70.8 Å². The molecule has 2 saturated heterocycles. The minimum Gasteiger partial charge on any atom is -0.381 e. The number of piperidine rings is 1. The Hall–Kier alpha value is -0.900. The first-order valence-corrected chi connectivity index (χ1v) is 12.2. The van der Waals surface area contributed by atoms with Crippen LogP contribution in [0.2, 0.25) is 0 Å². The number of nitrogens with zero attached hydrogens (tertiary/aromatic N) is 2. The highest BCUT2D eigenvalue weighted by atomic mass is 127. The Kier molecular flexibility index (Phi) is 13.5. The van der Waals surface area contributed by atoms with Crippen molar-refractivity contribution in [3.8, 4) is 0 Å². The average Bonchev–Trinajstić information content (AvgIpc) is 3.30. The molecule has 0 aliphatic carbocycles. The summed E-state index contributed by atoms with van der Waals surface area (Å²) in [7, 11) is 0. The standard InChI is InChI=1S/C25H42N4O2.HI/c1-3-26-25(27-12-4-15-30-19-24-11-16-31-20-24)28-17-22-5-7-23(8-6-22)18-29-13-9-21(2)10-14-29;/h5-8,21,24H,3-4,9-20H2,1-2H3,(H2,26,27,28);1H. The van der Waals surface area contributed by atoms with Gasteiger partial charge in [0.25, 0.3) is 0 Å². The number of guanidine groups is 1. The van der Waals surface area contributed by atoms with Gasteiger partial charge in [-0.3, -0.25) is 4.90 Å². The normalized spacial score (nSPS) is 20.2. The van der Waals surface area contributed by atoms with Crippen molar-refractivity contribution in [2.24, 2.45) is 16.8 Å². The van der Waals surface area contributed by atoms with Crippen molar-refractivity contribution in [1.29, 1.82) is 0 Å². The number of halogens is 1. The molecule has 3 rings (SSSR count). The molecule has 1 aromatic rings. The van der Waals surface area contributed by atoms with E-state index in [9.17, 15) is 0 Å². The van der Waals surface area contributed by atoms with Gasteiger partial charge in [0.05, 0.1) is 19.8 Å². The van der Waals surface area contributed by atoms with Crippen LogP contribution < -0.4 is 10.6 Å². The largest absolute Gasteiger partial charge is 0.381 e. The molecule has 32 heavy (non-hydrogen) atoms. The second-order valence-corrected chi connectivity index (χ2v) is 9.06. The Balaban J connectivity index is 0.00000363. The highest BCUT2D eigenvalue weighted by Gasteiger charge is 2.16. The first kappa shape index (κ1) is 27.3. The van der Waals surface area contributed by atoms with E-state index >= 15 is 0 Å². The van der Waals surface area contributed by atoms with Gasteiger partial charge in [0, 0.05) is 38.8 Å². The molecule has 182 valence electrons. The number of ether oxygens (including phenoxy) is 2. The van der Waals surface area contributed by atoms with Crippen LogP contribution in [0.1, 0.15) is 50.7 Å². The van der Waals surface area contributed by atoms with Gasteiger partial charge in [-0.15, -0.1) is 24.0 Å². The van der Waals surface area contributed by atoms with Gasteiger partial charge in [0.1, 0.15) is 0 Å². The molecule has 0 bridgehead atoms. The quantitative estimate of drug-likeness (QED) is 0.186. The molecule has 7 heteroatoms. The molecule has 2 aliphatic rings. The Morgan fingerprint density at radius 2 is 1.88 bits per heavy atom. The van der Waals surface area contributed by atoms with Gasteiger partial charge in [-0.05, 0) is 62.7 Å². The summed E-state index contributed by atoms with van der Waals surface area (Å²) < 4.78 is 11.2. The number of rotatable bonds is 11. The van der Waals surface area contributed by atoms with Crippen molar-refractivity contribution in [1.82, 2.24) is 15.5 Å². The SMILES string of the molecule is CCNC(=NCc1ccc(CN2CCC(C)CC2)cc1)NCCCOCC1CCOC1.I. The maximum Gasteiger partial charge on any atom is 0.191 e. The molecule has 0 amide bonds. The number of hydrogen-bond donors (Lipinski definition) is 2. The second kappa shape index (κ2) is 15.9. The van der Waals surface area contributed by atoms with Gasteiger partial charge in [-0.1, -0.05) is 31.2 Å². The summed E-state index contributed by atoms with van der Waals surface area (Å²) in [5, 5.41) is 6.75. The molecule has 6 nitrogen and oxygen atoms in total. The topological polar surface area (TPSA) is 58.1 Å². The molecular formula is C25H43IN4O2. The van der Waals surface area contributed by atoms with Gasteiger partial charge >= 0.3 is 0 Å². The third kappa shape index (κ3) is 10.4. The zero-order valence-corrected chi connectivity index (χ0v) is 22.3. The van der Waals surface area contributed by atoms with E-state index in [0.29, 0.717) is 12.5 Å². The Bertz CT molecular complexity index is 642. The van der Waals surface area contributed by atoms with Crippen LogP contribution in [-0.2, 0) is 22.6 Å². The van der Waals surface area contributed by atoms with Crippen LogP contribution in [0.3, 0.4) is 0 Å². The molecule has 0 radical (unpaired) electrons. The van der Waals surface area contributed by atoms with E-state index in [2.05, 4.69) is 53.6 Å². The predicted octanol–water partition coefficient (Wildman–Crippen LogP) is 4.03. The summed E-state index contributed by atoms with van der Waals surface area (Å²) in [4.78, 5) is 7.32. The highest BCUT2D eigenvalue weighted by Crippen LogP contribution is 2.18. The summed E-state index contributed by atoms with van der Waals surface area (Å²) >= 11 is 0. The summed E-state index contributed by atoms with van der Waals surface area (Å²) in [6.45, 7) is 13.7. The lowest BCUT2D eigenvalue weighted by Gasteiger charge is -2.30. The van der Waals surface area contributed by atoms with Gasteiger partial charge < -0.3 is 20.1 Å². The molecule has 0 aromatic heterocycles. The van der Waals surface area contributed by atoms with Gasteiger partial charge in [0.2, 0.25) is 0 Å². The molecule has 1 aromatic carbocycles. The van der Waals surface area contributed by atoms with Crippen molar-refractivity contribution in [2.75, 3.05) is 52.6 Å². The third-order valence-electron chi connectivity index (χ3n) is 6.20. The van der Waals surface area contributed by atoms with Crippen molar-refractivity contribution in [2.45, 2.75) is 52.6 Å². The molecule has 1 unspecified atom stereocenters. The Morgan fingerprint density at radius 1 is 1.12 bits per heavy atom. The number of likely N-dealkylation sites (tertiary alicyclic amines) is 1. The Morgan fingerprint density at radius 3 is 2.56 bits per heavy atom. The lowest BCUT2D eigenvalue weighted by molar-refractivity contribution is 0.0888. The van der Waals surface area contributed by atoms with E-state index in [1.54, 1.807) is 0 Å². The molecule has 2 heterocycles. The molecular weight excluding hydrogens is 515 g/mol. The van der Waals surface area contributed by atoms with Crippen molar-refractivity contribution >= 4 is 29.9 Å². The van der Waals surface area contributed by atoms with E-state index in [-0.39, 0.29) is 24.0 Å². The van der Waals surface area contributed by atoms with E-state index in [1.807, 2.05) is 0 Å². The van der Waals surface area contributed by atoms with Gasteiger partial charge in [-0.2, -0.15) is 0 Å². The van der Waals surface area contributed by atoms with Gasteiger partial charge in [-0.25, -0.2) is 4.99 Å². The monoisotopic (exact) mass is 558 g/mol. The maximum atomic E-state index is 5.78. The smallest absolute Gasteiger partial charge is 0.191 e. The van der Waals surface area contributed by atoms with Crippen molar-refractivity contribution in [3.63, 3.8) is 0 Å². The minimum atomic E-state index is 0. The lowest BCUT2D eigenvalue weighted by atomic mass is 9.99. The minimum absolute atomic E-state index is 0. The van der Waals surface area contributed by atoms with Crippen LogP contribution in [0, 0.1) is 11.8 Å². The fourth-order valence-electron chi connectivity index (χ4n) is 4.09. The summed E-state index contributed by atoms with van der Waals surface area (Å²) in [5.41, 5.74) is 2.65. The predicted molar refractivity (Wildman–Crippen MR) is 143 cm³/mol. The van der Waals surface area contributed by atoms with Crippen LogP contribution in [0.25, 0.3) is 0 Å². The second-order valence-electron chi connectivity index (χ2n) is 9.06. The first-order chi connectivity index (χ1) is 15.2. The fraction of sp³-hybridized carbons (Fsp3) is 0.720. The summed E-state index contributed by atoms with van der Waals surface area (Å²) in [5.74, 6) is 2.34. The van der Waals surface area contributed by atoms with E-state index < -0.39 is 0 Å². The molecule has 2 N–H and O–H groups in total. The van der Waals surface area contributed by atoms with E-state index in [1.165, 1.54) is 37.1 Å². The third-order valence-corrected chi connectivity index (χ3v) is 6.20. The van der Waals surface area contributed by atoms with Crippen LogP contribution in [0.5, 0.6) is 0 Å². The van der Waals surface area contributed by atoms with Crippen LogP contribution in [0.4, 0.5) is 0 Å². The van der Waals surface area contributed by atoms with Crippen LogP contribution >= 0.6 is 24.0 Å². The molecule has 1 atom stereocenters. The summed E-state index contributed by atoms with van der Waals surface area (Å²) in [6, 6.07) is 8.96. The molecule has 2 fully saturated rings. The van der Waals surface area contributed by atoms with Crippen LogP contribution in [0.15, 0.2) is 29.3 Å². The van der Waals surface area contributed by atoms with E-state index in [4.69, 9.17) is 14.5 Å². The zero-order valence-electron chi connectivity index (χ0n) is 20.0. The zero-order chi connectivity index (χ0) is 21.7.